The molecule has 94 valence electrons. The molecule has 1 aliphatic rings. The van der Waals surface area contributed by atoms with Crippen LogP contribution in [-0.2, 0) is 5.41 Å². The first kappa shape index (κ1) is 12.6. The predicted molar refractivity (Wildman–Crippen MR) is 74.4 cm³/mol. The van der Waals surface area contributed by atoms with Crippen LogP contribution in [0.4, 0.5) is 0 Å². The molecule has 0 bridgehead atoms. The van der Waals surface area contributed by atoms with Crippen LogP contribution in [0.5, 0.6) is 0 Å². The third-order valence-corrected chi connectivity index (χ3v) is 3.90. The predicted octanol–water partition coefficient (Wildman–Crippen LogP) is 4.14. The van der Waals surface area contributed by atoms with Crippen molar-refractivity contribution in [1.82, 2.24) is 4.90 Å². The fraction of sp³-hybridized carbons (Fsp3) is 0.625. The van der Waals surface area contributed by atoms with Gasteiger partial charge in [0.2, 0.25) is 0 Å². The Kier molecular flexibility index (Phi) is 3.58. The first-order valence-electron chi connectivity index (χ1n) is 6.87. The van der Waals surface area contributed by atoms with Gasteiger partial charge in [-0.15, -0.1) is 0 Å². The molecule has 0 saturated carbocycles. The Balaban J connectivity index is 2.38. The van der Waals surface area contributed by atoms with Gasteiger partial charge in [0.15, 0.2) is 0 Å². The summed E-state index contributed by atoms with van der Waals surface area (Å²) in [5.74, 6) is 0. The summed E-state index contributed by atoms with van der Waals surface area (Å²) in [5, 5.41) is 0. The molecule has 1 saturated heterocycles. The number of likely N-dealkylation sites (tertiary alicyclic amines) is 1. The van der Waals surface area contributed by atoms with Gasteiger partial charge in [-0.25, -0.2) is 0 Å². The minimum absolute atomic E-state index is 0.249. The average Bonchev–Trinajstić information content (AvgIpc) is 2.75. The zero-order valence-corrected chi connectivity index (χ0v) is 11.7. The molecule has 1 aliphatic heterocycles. The summed E-state index contributed by atoms with van der Waals surface area (Å²) in [6.45, 7) is 11.7. The fourth-order valence-electron chi connectivity index (χ4n) is 3.03. The summed E-state index contributed by atoms with van der Waals surface area (Å²) in [6, 6.07) is 9.66. The maximum Gasteiger partial charge on any atom is 0.0351 e. The lowest BCUT2D eigenvalue weighted by Crippen LogP contribution is -2.25. The largest absolute Gasteiger partial charge is 0.297 e. The van der Waals surface area contributed by atoms with E-state index in [0.29, 0.717) is 6.04 Å². The van der Waals surface area contributed by atoms with Gasteiger partial charge in [0.1, 0.15) is 0 Å². The summed E-state index contributed by atoms with van der Waals surface area (Å²) in [5.41, 5.74) is 3.32. The van der Waals surface area contributed by atoms with Crippen molar-refractivity contribution >= 4 is 0 Å². The maximum atomic E-state index is 2.62. The summed E-state index contributed by atoms with van der Waals surface area (Å²) in [7, 11) is 0. The molecule has 0 aliphatic carbocycles. The van der Waals surface area contributed by atoms with Crippen molar-refractivity contribution in [2.24, 2.45) is 0 Å². The second-order valence-electron chi connectivity index (χ2n) is 6.12. The van der Waals surface area contributed by atoms with E-state index in [1.54, 1.807) is 5.56 Å². The number of hydrogen-bond acceptors (Lipinski definition) is 1. The van der Waals surface area contributed by atoms with Crippen LogP contribution in [0.1, 0.15) is 57.7 Å². The van der Waals surface area contributed by atoms with E-state index in [0.717, 1.165) is 0 Å². The Morgan fingerprint density at radius 2 is 1.94 bits per heavy atom. The SMILES string of the molecule is CCN1CCCC1c1ccccc1C(C)(C)C. The zero-order valence-electron chi connectivity index (χ0n) is 11.7. The third kappa shape index (κ3) is 2.55. The summed E-state index contributed by atoms with van der Waals surface area (Å²) in [6.07, 6.45) is 2.66. The lowest BCUT2D eigenvalue weighted by Gasteiger charge is -2.30. The molecule has 0 spiro atoms. The molecule has 2 rings (SSSR count). The van der Waals surface area contributed by atoms with E-state index in [9.17, 15) is 0 Å². The second kappa shape index (κ2) is 4.81. The molecule has 0 N–H and O–H groups in total. The first-order valence-corrected chi connectivity index (χ1v) is 6.87. The van der Waals surface area contributed by atoms with E-state index >= 15 is 0 Å². The van der Waals surface area contributed by atoms with Gasteiger partial charge in [-0.3, -0.25) is 4.90 Å². The number of hydrogen-bond donors (Lipinski definition) is 0. The van der Waals surface area contributed by atoms with Crippen LogP contribution >= 0.6 is 0 Å². The molecule has 0 amide bonds. The topological polar surface area (TPSA) is 3.24 Å². The molecular formula is C16H25N. The monoisotopic (exact) mass is 231 g/mol. The normalized spacial score (nSPS) is 22.0. The van der Waals surface area contributed by atoms with E-state index in [-0.39, 0.29) is 5.41 Å². The number of nitrogens with zero attached hydrogens (tertiary/aromatic N) is 1. The minimum atomic E-state index is 0.249. The molecule has 1 nitrogen and oxygen atoms in total. The van der Waals surface area contributed by atoms with Crippen LogP contribution in [0.25, 0.3) is 0 Å². The number of benzene rings is 1. The molecule has 17 heavy (non-hydrogen) atoms. The quantitative estimate of drug-likeness (QED) is 0.739. The van der Waals surface area contributed by atoms with Crippen LogP contribution in [-0.4, -0.2) is 18.0 Å². The highest BCUT2D eigenvalue weighted by molar-refractivity contribution is 5.35. The number of rotatable bonds is 2. The molecule has 1 fully saturated rings. The highest BCUT2D eigenvalue weighted by Gasteiger charge is 2.28. The lowest BCUT2D eigenvalue weighted by atomic mass is 9.81. The van der Waals surface area contributed by atoms with E-state index in [1.165, 1.54) is 31.5 Å². The van der Waals surface area contributed by atoms with Crippen molar-refractivity contribution in [3.63, 3.8) is 0 Å². The smallest absolute Gasteiger partial charge is 0.0351 e. The Morgan fingerprint density at radius 3 is 2.59 bits per heavy atom. The molecule has 1 heteroatoms. The van der Waals surface area contributed by atoms with E-state index in [4.69, 9.17) is 0 Å². The van der Waals surface area contributed by atoms with E-state index in [1.807, 2.05) is 0 Å². The molecule has 0 aromatic heterocycles. The molecule has 1 aromatic carbocycles. The molecule has 1 heterocycles. The van der Waals surface area contributed by atoms with Crippen LogP contribution in [0, 0.1) is 0 Å². The van der Waals surface area contributed by atoms with Gasteiger partial charge in [-0.1, -0.05) is 52.0 Å². The van der Waals surface area contributed by atoms with Crippen molar-refractivity contribution < 1.29 is 0 Å². The van der Waals surface area contributed by atoms with Crippen molar-refractivity contribution in [2.75, 3.05) is 13.1 Å². The van der Waals surface area contributed by atoms with Gasteiger partial charge in [-0.2, -0.15) is 0 Å². The Labute approximate surface area is 106 Å². The van der Waals surface area contributed by atoms with Crippen LogP contribution in [0.15, 0.2) is 24.3 Å². The van der Waals surface area contributed by atoms with Crippen molar-refractivity contribution in [1.29, 1.82) is 0 Å². The van der Waals surface area contributed by atoms with E-state index < -0.39 is 0 Å². The lowest BCUT2D eigenvalue weighted by molar-refractivity contribution is 0.268. The zero-order chi connectivity index (χ0) is 12.5. The molecule has 1 atom stereocenters. The highest BCUT2D eigenvalue weighted by atomic mass is 15.2. The van der Waals surface area contributed by atoms with Gasteiger partial charge in [0, 0.05) is 6.04 Å². The third-order valence-electron chi connectivity index (χ3n) is 3.90. The van der Waals surface area contributed by atoms with Crippen molar-refractivity contribution in [2.45, 2.75) is 52.0 Å². The standard InChI is InChI=1S/C16H25N/c1-5-17-12-8-11-15(17)13-9-6-7-10-14(13)16(2,3)4/h6-7,9-10,15H,5,8,11-12H2,1-4H3. The average molecular weight is 231 g/mol. The summed E-state index contributed by atoms with van der Waals surface area (Å²) in [4.78, 5) is 2.62. The highest BCUT2D eigenvalue weighted by Crippen LogP contribution is 2.37. The Bertz CT molecular complexity index is 375. The van der Waals surface area contributed by atoms with Gasteiger partial charge in [0.05, 0.1) is 0 Å². The van der Waals surface area contributed by atoms with Gasteiger partial charge >= 0.3 is 0 Å². The molecule has 1 aromatic rings. The second-order valence-corrected chi connectivity index (χ2v) is 6.12. The van der Waals surface area contributed by atoms with Crippen molar-refractivity contribution in [3.8, 4) is 0 Å². The van der Waals surface area contributed by atoms with Crippen molar-refractivity contribution in [3.05, 3.63) is 35.4 Å². The van der Waals surface area contributed by atoms with Gasteiger partial charge < -0.3 is 0 Å². The van der Waals surface area contributed by atoms with Crippen LogP contribution in [0.3, 0.4) is 0 Å². The Morgan fingerprint density at radius 1 is 1.24 bits per heavy atom. The fourth-order valence-corrected chi connectivity index (χ4v) is 3.03. The Hall–Kier alpha value is -0.820. The van der Waals surface area contributed by atoms with Crippen LogP contribution < -0.4 is 0 Å². The molecule has 0 radical (unpaired) electrons. The molecular weight excluding hydrogens is 206 g/mol. The first-order chi connectivity index (χ1) is 8.04. The summed E-state index contributed by atoms with van der Waals surface area (Å²) < 4.78 is 0. The minimum Gasteiger partial charge on any atom is -0.297 e. The maximum absolute atomic E-state index is 2.62. The van der Waals surface area contributed by atoms with E-state index in [2.05, 4.69) is 56.9 Å². The van der Waals surface area contributed by atoms with Crippen LogP contribution in [0.2, 0.25) is 0 Å². The van der Waals surface area contributed by atoms with Gasteiger partial charge in [-0.05, 0) is 42.5 Å². The van der Waals surface area contributed by atoms with Gasteiger partial charge in [0.25, 0.3) is 0 Å². The summed E-state index contributed by atoms with van der Waals surface area (Å²) >= 11 is 0. The molecule has 1 unspecified atom stereocenters.